The van der Waals surface area contributed by atoms with E-state index in [1.54, 1.807) is 0 Å². The van der Waals surface area contributed by atoms with Gasteiger partial charge in [0.15, 0.2) is 0 Å². The lowest BCUT2D eigenvalue weighted by Gasteiger charge is -2.27. The molecule has 0 radical (unpaired) electrons. The van der Waals surface area contributed by atoms with Gasteiger partial charge in [0.1, 0.15) is 0 Å². The number of nitrogens with zero attached hydrogens (tertiary/aromatic N) is 2. The lowest BCUT2D eigenvalue weighted by atomic mass is 9.97. The Morgan fingerprint density at radius 1 is 0.345 bits per heavy atom. The van der Waals surface area contributed by atoms with Gasteiger partial charge in [-0.3, -0.25) is 0 Å². The minimum Gasteiger partial charge on any atom is -0.309 e. The van der Waals surface area contributed by atoms with Crippen LogP contribution in [0.2, 0.25) is 0 Å². The van der Waals surface area contributed by atoms with E-state index in [9.17, 15) is 0 Å². The third kappa shape index (κ3) is 5.16. The van der Waals surface area contributed by atoms with Crippen molar-refractivity contribution in [3.63, 3.8) is 0 Å². The molecule has 0 atom stereocenters. The summed E-state index contributed by atoms with van der Waals surface area (Å²) >= 11 is 3.75. The summed E-state index contributed by atoms with van der Waals surface area (Å²) in [5.41, 5.74) is 11.9. The Bertz CT molecular complexity index is 3360. The van der Waals surface area contributed by atoms with Crippen molar-refractivity contribution >= 4 is 102 Å². The van der Waals surface area contributed by atoms with Crippen LogP contribution in [-0.4, -0.2) is 4.57 Å². The number of fused-ring (bicyclic) bond motifs is 9. The van der Waals surface area contributed by atoms with Crippen LogP contribution < -0.4 is 4.90 Å². The summed E-state index contributed by atoms with van der Waals surface area (Å²) < 4.78 is 7.62. The molecule has 3 aromatic heterocycles. The number of para-hydroxylation sites is 3. The van der Waals surface area contributed by atoms with Gasteiger partial charge in [0, 0.05) is 53.0 Å². The van der Waals surface area contributed by atoms with Gasteiger partial charge in [-0.1, -0.05) is 146 Å². The van der Waals surface area contributed by atoms with Gasteiger partial charge in [0.05, 0.1) is 37.5 Å². The van der Waals surface area contributed by atoms with Gasteiger partial charge in [-0.05, 0) is 77.4 Å². The molecule has 0 aliphatic heterocycles. The molecular formula is C54H34N2S2. The Kier molecular flexibility index (Phi) is 7.62. The zero-order valence-electron chi connectivity index (χ0n) is 31.3. The molecule has 0 N–H and O–H groups in total. The molecule has 0 fully saturated rings. The predicted octanol–water partition coefficient (Wildman–Crippen LogP) is 16.3. The summed E-state index contributed by atoms with van der Waals surface area (Å²) in [5, 5.41) is 7.73. The molecule has 0 unspecified atom stereocenters. The molecule has 9 aromatic carbocycles. The molecule has 3 heterocycles. The number of thiophene rings is 2. The first-order valence-corrected chi connectivity index (χ1v) is 21.3. The standard InChI is InChI=1S/C54H34N2S2/c1-6-23-46(56-47-24-7-2-17-40(47)41-18-3-8-25-48(41)56)39(16-1)37-15-11-14-36(34-37)35-30-32-38(33-31-35)55(49-26-12-21-44-42-19-4-9-28-51(42)57-53(44)49)50-27-13-22-45-43-20-5-10-29-52(43)58-54(45)50/h1-34H. The SMILES string of the molecule is c1cc(-c2ccc(N(c3cccc4c3sc3ccccc34)c3cccc4c3sc3ccccc34)cc2)cc(-c2ccccc2-n2c3ccccc3c3ccccc32)c1. The van der Waals surface area contributed by atoms with E-state index in [0.717, 1.165) is 5.69 Å². The van der Waals surface area contributed by atoms with E-state index in [4.69, 9.17) is 0 Å². The van der Waals surface area contributed by atoms with Crippen LogP contribution in [0.25, 0.3) is 90.1 Å². The first-order valence-electron chi connectivity index (χ1n) is 19.7. The molecule has 58 heavy (non-hydrogen) atoms. The molecular weight excluding hydrogens is 741 g/mol. The normalized spacial score (nSPS) is 11.8. The lowest BCUT2D eigenvalue weighted by molar-refractivity contribution is 1.18. The number of aromatic nitrogens is 1. The van der Waals surface area contributed by atoms with Crippen molar-refractivity contribution < 1.29 is 0 Å². The molecule has 0 amide bonds. The topological polar surface area (TPSA) is 8.17 Å². The quantitative estimate of drug-likeness (QED) is 0.163. The molecule has 0 bridgehead atoms. The summed E-state index contributed by atoms with van der Waals surface area (Å²) in [4.78, 5) is 2.48. The summed E-state index contributed by atoms with van der Waals surface area (Å²) in [5.74, 6) is 0. The van der Waals surface area contributed by atoms with Crippen LogP contribution in [0.3, 0.4) is 0 Å². The van der Waals surface area contributed by atoms with Crippen LogP contribution in [0.4, 0.5) is 17.1 Å². The fourth-order valence-electron chi connectivity index (χ4n) is 8.99. The molecule has 0 saturated carbocycles. The van der Waals surface area contributed by atoms with Crippen molar-refractivity contribution in [1.29, 1.82) is 0 Å². The highest BCUT2D eigenvalue weighted by Gasteiger charge is 2.22. The summed E-state index contributed by atoms with van der Waals surface area (Å²) in [6.07, 6.45) is 0. The van der Waals surface area contributed by atoms with Gasteiger partial charge in [0.2, 0.25) is 0 Å². The second kappa shape index (κ2) is 13.3. The maximum absolute atomic E-state index is 2.48. The fraction of sp³-hybridized carbons (Fsp3) is 0. The summed E-state index contributed by atoms with van der Waals surface area (Å²) in [6.45, 7) is 0. The van der Waals surface area contributed by atoms with Crippen LogP contribution in [0.1, 0.15) is 0 Å². The monoisotopic (exact) mass is 774 g/mol. The number of hydrogen-bond donors (Lipinski definition) is 0. The van der Waals surface area contributed by atoms with Crippen molar-refractivity contribution in [2.45, 2.75) is 0 Å². The van der Waals surface area contributed by atoms with Crippen LogP contribution in [0.5, 0.6) is 0 Å². The average molecular weight is 775 g/mol. The highest BCUT2D eigenvalue weighted by Crippen LogP contribution is 2.49. The van der Waals surface area contributed by atoms with Gasteiger partial charge < -0.3 is 9.47 Å². The van der Waals surface area contributed by atoms with Crippen molar-refractivity contribution in [2.24, 2.45) is 0 Å². The average Bonchev–Trinajstić information content (AvgIpc) is 3.97. The molecule has 0 aliphatic rings. The summed E-state index contributed by atoms with van der Waals surface area (Å²) in [7, 11) is 0. The Morgan fingerprint density at radius 2 is 0.828 bits per heavy atom. The molecule has 12 rings (SSSR count). The van der Waals surface area contributed by atoms with Gasteiger partial charge in [-0.25, -0.2) is 0 Å². The first-order chi connectivity index (χ1) is 28.8. The highest BCUT2D eigenvalue weighted by molar-refractivity contribution is 7.27. The minimum atomic E-state index is 1.13. The predicted molar refractivity (Wildman–Crippen MR) is 252 cm³/mol. The van der Waals surface area contributed by atoms with E-state index < -0.39 is 0 Å². The van der Waals surface area contributed by atoms with Crippen molar-refractivity contribution in [3.05, 3.63) is 206 Å². The van der Waals surface area contributed by atoms with E-state index in [-0.39, 0.29) is 0 Å². The second-order valence-corrected chi connectivity index (χ2v) is 17.0. The van der Waals surface area contributed by atoms with E-state index in [1.807, 2.05) is 22.7 Å². The third-order valence-electron chi connectivity index (χ3n) is 11.6. The number of hydrogen-bond acceptors (Lipinski definition) is 3. The number of benzene rings is 9. The molecule has 2 nitrogen and oxygen atoms in total. The van der Waals surface area contributed by atoms with Crippen LogP contribution in [-0.2, 0) is 0 Å². The van der Waals surface area contributed by atoms with E-state index >= 15 is 0 Å². The fourth-order valence-corrected chi connectivity index (χ4v) is 11.4. The molecule has 4 heteroatoms. The first kappa shape index (κ1) is 33.2. The zero-order valence-corrected chi connectivity index (χ0v) is 33.0. The minimum absolute atomic E-state index is 1.13. The van der Waals surface area contributed by atoms with E-state index in [1.165, 1.54) is 101 Å². The van der Waals surface area contributed by atoms with E-state index in [2.05, 4.69) is 216 Å². The van der Waals surface area contributed by atoms with Crippen LogP contribution in [0.15, 0.2) is 206 Å². The Hall–Kier alpha value is -6.98. The van der Waals surface area contributed by atoms with Crippen molar-refractivity contribution in [3.8, 4) is 27.9 Å². The van der Waals surface area contributed by atoms with Crippen molar-refractivity contribution in [1.82, 2.24) is 4.57 Å². The van der Waals surface area contributed by atoms with Crippen LogP contribution in [0, 0.1) is 0 Å². The van der Waals surface area contributed by atoms with E-state index in [0.29, 0.717) is 0 Å². The zero-order chi connectivity index (χ0) is 38.2. The number of rotatable bonds is 6. The smallest absolute Gasteiger partial charge is 0.0640 e. The van der Waals surface area contributed by atoms with Crippen molar-refractivity contribution in [2.75, 3.05) is 4.90 Å². The summed E-state index contributed by atoms with van der Waals surface area (Å²) in [6, 6.07) is 75.5. The Labute approximate surface area is 343 Å². The molecule has 0 spiro atoms. The van der Waals surface area contributed by atoms with Crippen LogP contribution >= 0.6 is 22.7 Å². The highest BCUT2D eigenvalue weighted by atomic mass is 32.1. The molecule has 272 valence electrons. The van der Waals surface area contributed by atoms with Gasteiger partial charge in [0.25, 0.3) is 0 Å². The van der Waals surface area contributed by atoms with Gasteiger partial charge >= 0.3 is 0 Å². The lowest BCUT2D eigenvalue weighted by Crippen LogP contribution is -2.10. The second-order valence-electron chi connectivity index (χ2n) is 14.9. The molecule has 0 saturated heterocycles. The molecule has 12 aromatic rings. The Morgan fingerprint density at radius 3 is 1.45 bits per heavy atom. The maximum atomic E-state index is 2.48. The largest absolute Gasteiger partial charge is 0.309 e. The van der Waals surface area contributed by atoms with Gasteiger partial charge in [-0.2, -0.15) is 0 Å². The maximum Gasteiger partial charge on any atom is 0.0640 e. The molecule has 0 aliphatic carbocycles. The third-order valence-corrected chi connectivity index (χ3v) is 14.0. The van der Waals surface area contributed by atoms with Gasteiger partial charge in [-0.15, -0.1) is 22.7 Å². The Balaban J connectivity index is 0.995. The number of anilines is 3.